The topological polar surface area (TPSA) is 114 Å². The van der Waals surface area contributed by atoms with Crippen molar-refractivity contribution in [1.82, 2.24) is 5.32 Å². The lowest BCUT2D eigenvalue weighted by Crippen LogP contribution is -2.40. The van der Waals surface area contributed by atoms with E-state index < -0.39 is 12.0 Å². The molecular weight excluding hydrogens is 270 g/mol. The van der Waals surface area contributed by atoms with Gasteiger partial charge in [-0.05, 0) is 24.4 Å². The molecule has 0 aromatic carbocycles. The predicted molar refractivity (Wildman–Crippen MR) is 69.7 cm³/mol. The second kappa shape index (κ2) is 16.3. The highest BCUT2D eigenvalue weighted by Crippen LogP contribution is 1.86. The summed E-state index contributed by atoms with van der Waals surface area (Å²) in [5.74, 6) is -1.32. The molecule has 0 bridgehead atoms. The van der Waals surface area contributed by atoms with Gasteiger partial charge in [0.05, 0.1) is 10.3 Å². The van der Waals surface area contributed by atoms with Crippen molar-refractivity contribution in [1.29, 1.82) is 10.8 Å². The monoisotopic (exact) mass is 281 g/mol. The van der Waals surface area contributed by atoms with E-state index in [0.29, 0.717) is 0 Å². The van der Waals surface area contributed by atoms with Crippen LogP contribution < -0.4 is 5.32 Å². The fraction of sp³-hybridized carbons (Fsp3) is 0.429. The first-order chi connectivity index (χ1) is 7.40. The minimum absolute atomic E-state index is 0.106. The minimum Gasteiger partial charge on any atom is -0.480 e. The quantitative estimate of drug-likeness (QED) is 0.299. The molecule has 9 heteroatoms. The summed E-state index contributed by atoms with van der Waals surface area (Å²) in [6.07, 6.45) is 0. The first-order valence-electron chi connectivity index (χ1n) is 3.59. The Hall–Kier alpha value is -1.11. The maximum Gasteiger partial charge on any atom is 0.327 e. The molecule has 0 aliphatic rings. The smallest absolute Gasteiger partial charge is 0.327 e. The molecule has 0 rings (SSSR count). The average molecular weight is 281 g/mol. The summed E-state index contributed by atoms with van der Waals surface area (Å²) in [7, 11) is 0. The Morgan fingerprint density at radius 3 is 1.81 bits per heavy atom. The van der Waals surface area contributed by atoms with Crippen molar-refractivity contribution in [3.8, 4) is 0 Å². The summed E-state index contributed by atoms with van der Waals surface area (Å²) in [5, 5.41) is 25.3. The maximum atomic E-state index is 10.3. The Kier molecular flexibility index (Phi) is 20.7. The second-order valence-corrected chi connectivity index (χ2v) is 2.75. The van der Waals surface area contributed by atoms with Gasteiger partial charge in [0.2, 0.25) is 5.91 Å². The fourth-order valence-corrected chi connectivity index (χ4v) is 0.678. The third-order valence-electron chi connectivity index (χ3n) is 0.858. The number of hydrogen-bond donors (Lipinski definition) is 5. The molecule has 1 amide bonds. The molecule has 0 heterocycles. The van der Waals surface area contributed by atoms with Crippen molar-refractivity contribution in [2.24, 2.45) is 0 Å². The molecule has 0 spiro atoms. The van der Waals surface area contributed by atoms with Gasteiger partial charge >= 0.3 is 5.97 Å². The van der Waals surface area contributed by atoms with E-state index in [1.165, 1.54) is 6.92 Å². The van der Waals surface area contributed by atoms with Gasteiger partial charge in [0.25, 0.3) is 0 Å². The SMILES string of the molecule is CC(=O)NC(CS)C(=O)O.N=C=S.N=C=S. The van der Waals surface area contributed by atoms with E-state index in [-0.39, 0.29) is 11.7 Å². The summed E-state index contributed by atoms with van der Waals surface area (Å²) >= 11 is 11.4. The summed E-state index contributed by atoms with van der Waals surface area (Å²) in [6.45, 7) is 1.26. The number of carbonyl (C=O) groups excluding carboxylic acids is 1. The van der Waals surface area contributed by atoms with E-state index >= 15 is 0 Å². The standard InChI is InChI=1S/C5H9NO3S.2CHNS/c1-3(7)6-4(2-10)5(8)9;2*2-1-3/h4,10H,2H2,1H3,(H,6,7)(H,8,9);2*2H. The van der Waals surface area contributed by atoms with Crippen LogP contribution >= 0.6 is 37.1 Å². The van der Waals surface area contributed by atoms with E-state index in [0.717, 1.165) is 0 Å². The van der Waals surface area contributed by atoms with Gasteiger partial charge in [0.1, 0.15) is 6.04 Å². The van der Waals surface area contributed by atoms with Crippen molar-refractivity contribution in [2.45, 2.75) is 13.0 Å². The highest BCUT2D eigenvalue weighted by Gasteiger charge is 2.14. The predicted octanol–water partition coefficient (Wildman–Crippen LogP) is 0.841. The van der Waals surface area contributed by atoms with E-state index in [2.05, 4.69) is 42.4 Å². The van der Waals surface area contributed by atoms with E-state index in [1.54, 1.807) is 10.3 Å². The summed E-state index contributed by atoms with van der Waals surface area (Å²) < 4.78 is 0. The number of carboxylic acids is 1. The summed E-state index contributed by atoms with van der Waals surface area (Å²) in [5.41, 5.74) is 0. The van der Waals surface area contributed by atoms with Crippen LogP contribution in [-0.2, 0) is 9.59 Å². The third kappa shape index (κ3) is 23.1. The molecule has 0 fully saturated rings. The van der Waals surface area contributed by atoms with Crippen molar-refractivity contribution < 1.29 is 14.7 Å². The zero-order valence-corrected chi connectivity index (χ0v) is 10.8. The number of carboxylic acid groups (broad SMARTS) is 1. The zero-order valence-electron chi connectivity index (χ0n) is 8.31. The van der Waals surface area contributed by atoms with Crippen LogP contribution in [0.1, 0.15) is 6.92 Å². The number of thiol groups is 1. The van der Waals surface area contributed by atoms with Crippen LogP contribution in [0.5, 0.6) is 0 Å². The Morgan fingerprint density at radius 1 is 1.44 bits per heavy atom. The highest BCUT2D eigenvalue weighted by atomic mass is 32.1. The molecule has 16 heavy (non-hydrogen) atoms. The van der Waals surface area contributed by atoms with E-state index in [9.17, 15) is 9.59 Å². The summed E-state index contributed by atoms with van der Waals surface area (Å²) in [4.78, 5) is 20.5. The lowest BCUT2D eigenvalue weighted by atomic mass is 10.3. The molecule has 0 saturated heterocycles. The molecule has 0 aromatic heterocycles. The molecule has 4 N–H and O–H groups in total. The van der Waals surface area contributed by atoms with Crippen LogP contribution in [0.2, 0.25) is 0 Å². The number of hydrogen-bond acceptors (Lipinski definition) is 7. The first-order valence-corrected chi connectivity index (χ1v) is 5.04. The molecule has 0 aliphatic carbocycles. The normalized spacial score (nSPS) is 8.62. The number of isothiocyanates is 2. The van der Waals surface area contributed by atoms with Gasteiger partial charge in [-0.2, -0.15) is 12.6 Å². The molecule has 90 valence electrons. The van der Waals surface area contributed by atoms with Crippen LogP contribution in [0.4, 0.5) is 0 Å². The molecule has 0 aromatic rings. The third-order valence-corrected chi connectivity index (χ3v) is 1.22. The highest BCUT2D eigenvalue weighted by molar-refractivity contribution is 7.80. The van der Waals surface area contributed by atoms with Crippen molar-refractivity contribution in [3.63, 3.8) is 0 Å². The molecule has 1 unspecified atom stereocenters. The molecular formula is C7H11N3O3S3. The lowest BCUT2D eigenvalue weighted by Gasteiger charge is -2.08. The lowest BCUT2D eigenvalue weighted by molar-refractivity contribution is -0.140. The fourth-order valence-electron chi connectivity index (χ4n) is 0.431. The van der Waals surface area contributed by atoms with Crippen LogP contribution in [0.15, 0.2) is 0 Å². The largest absolute Gasteiger partial charge is 0.480 e. The van der Waals surface area contributed by atoms with Crippen LogP contribution in [0.25, 0.3) is 0 Å². The van der Waals surface area contributed by atoms with Gasteiger partial charge in [-0.25, -0.2) is 15.6 Å². The number of thiocarbonyl (C=S) groups is 2. The maximum absolute atomic E-state index is 10.3. The number of aliphatic carboxylic acids is 1. The number of nitrogens with one attached hydrogen (secondary N) is 3. The van der Waals surface area contributed by atoms with Gasteiger partial charge in [-0.3, -0.25) is 4.79 Å². The Bertz CT molecular complexity index is 272. The average Bonchev–Trinajstić information content (AvgIpc) is 2.16. The molecule has 1 atom stereocenters. The van der Waals surface area contributed by atoms with Crippen molar-refractivity contribution in [2.75, 3.05) is 5.75 Å². The van der Waals surface area contributed by atoms with E-state index in [1.807, 2.05) is 0 Å². The van der Waals surface area contributed by atoms with Gasteiger partial charge in [0.15, 0.2) is 0 Å². The number of rotatable bonds is 3. The minimum atomic E-state index is -1.06. The molecule has 6 nitrogen and oxygen atoms in total. The molecule has 0 saturated carbocycles. The van der Waals surface area contributed by atoms with Gasteiger partial charge in [-0.15, -0.1) is 0 Å². The van der Waals surface area contributed by atoms with Gasteiger partial charge in [0, 0.05) is 12.7 Å². The van der Waals surface area contributed by atoms with Crippen LogP contribution in [-0.4, -0.2) is 39.1 Å². The Labute approximate surface area is 109 Å². The Morgan fingerprint density at radius 2 is 1.75 bits per heavy atom. The number of carbonyl (C=O) groups is 2. The molecule has 0 aliphatic heterocycles. The molecule has 0 radical (unpaired) electrons. The van der Waals surface area contributed by atoms with Crippen molar-refractivity contribution in [3.05, 3.63) is 0 Å². The van der Waals surface area contributed by atoms with Gasteiger partial charge in [-0.1, -0.05) is 0 Å². The van der Waals surface area contributed by atoms with Crippen LogP contribution in [0.3, 0.4) is 0 Å². The van der Waals surface area contributed by atoms with E-state index in [4.69, 9.17) is 15.9 Å². The Balaban J connectivity index is -0.000000235. The van der Waals surface area contributed by atoms with Gasteiger partial charge < -0.3 is 10.4 Å². The van der Waals surface area contributed by atoms with Crippen LogP contribution in [0, 0.1) is 10.8 Å². The first kappa shape index (κ1) is 20.3. The number of amides is 1. The summed E-state index contributed by atoms with van der Waals surface area (Å²) in [6, 6.07) is -0.874. The second-order valence-electron chi connectivity index (χ2n) is 1.98. The zero-order chi connectivity index (χ0) is 13.6. The van der Waals surface area contributed by atoms with Crippen molar-refractivity contribution >= 4 is 59.3 Å².